The van der Waals surface area contributed by atoms with Crippen LogP contribution in [0.5, 0.6) is 0 Å². The van der Waals surface area contributed by atoms with Gasteiger partial charge in [0.05, 0.1) is 30.0 Å². The molecule has 0 amide bonds. The Balaban J connectivity index is 1.94. The zero-order valence-electron chi connectivity index (χ0n) is 10.9. The third-order valence-electron chi connectivity index (χ3n) is 4.18. The third kappa shape index (κ3) is 2.32. The fourth-order valence-corrected chi connectivity index (χ4v) is 3.30. The average Bonchev–Trinajstić information content (AvgIpc) is 2.46. The van der Waals surface area contributed by atoms with Crippen LogP contribution in [-0.4, -0.2) is 36.4 Å². The summed E-state index contributed by atoms with van der Waals surface area (Å²) in [6, 6.07) is 7.63. The van der Waals surface area contributed by atoms with Crippen LogP contribution in [0.1, 0.15) is 36.0 Å². The van der Waals surface area contributed by atoms with Gasteiger partial charge in [-0.1, -0.05) is 25.0 Å². The van der Waals surface area contributed by atoms with Gasteiger partial charge in [-0.05, 0) is 25.0 Å². The number of fused-ring (bicyclic) bond motifs is 1. The number of morpholine rings is 1. The van der Waals surface area contributed by atoms with Crippen molar-refractivity contribution < 1.29 is 14.6 Å². The summed E-state index contributed by atoms with van der Waals surface area (Å²) >= 11 is 0. The lowest BCUT2D eigenvalue weighted by Gasteiger charge is -2.45. The molecule has 1 aromatic carbocycles. The molecule has 1 aliphatic heterocycles. The predicted molar refractivity (Wildman–Crippen MR) is 72.7 cm³/mol. The highest BCUT2D eigenvalue weighted by Crippen LogP contribution is 2.33. The van der Waals surface area contributed by atoms with E-state index in [0.29, 0.717) is 18.2 Å². The van der Waals surface area contributed by atoms with Crippen molar-refractivity contribution in [3.05, 3.63) is 29.8 Å². The molecule has 2 fully saturated rings. The summed E-state index contributed by atoms with van der Waals surface area (Å²) < 4.78 is 5.84. The summed E-state index contributed by atoms with van der Waals surface area (Å²) in [6.45, 7) is 1.47. The van der Waals surface area contributed by atoms with E-state index in [1.807, 2.05) is 12.1 Å². The van der Waals surface area contributed by atoms with E-state index in [2.05, 4.69) is 4.90 Å². The Labute approximate surface area is 113 Å². The molecule has 102 valence electrons. The lowest BCUT2D eigenvalue weighted by atomic mass is 9.89. The van der Waals surface area contributed by atoms with Gasteiger partial charge in [0.15, 0.2) is 0 Å². The Morgan fingerprint density at radius 3 is 2.89 bits per heavy atom. The summed E-state index contributed by atoms with van der Waals surface area (Å²) in [5.74, 6) is -0.852. The van der Waals surface area contributed by atoms with E-state index in [4.69, 9.17) is 4.74 Å². The topological polar surface area (TPSA) is 49.8 Å². The number of ether oxygens (including phenoxy) is 1. The van der Waals surface area contributed by atoms with Crippen LogP contribution in [0.3, 0.4) is 0 Å². The van der Waals surface area contributed by atoms with Crippen LogP contribution in [-0.2, 0) is 4.74 Å². The molecule has 1 aromatic rings. The highest BCUT2D eigenvalue weighted by molar-refractivity contribution is 5.94. The maximum Gasteiger partial charge on any atom is 0.337 e. The number of hydrogen-bond acceptors (Lipinski definition) is 3. The molecule has 1 N–H and O–H groups in total. The Morgan fingerprint density at radius 1 is 1.26 bits per heavy atom. The molecule has 1 heterocycles. The van der Waals surface area contributed by atoms with Gasteiger partial charge in [-0.25, -0.2) is 4.79 Å². The quantitative estimate of drug-likeness (QED) is 0.888. The van der Waals surface area contributed by atoms with Crippen molar-refractivity contribution in [1.82, 2.24) is 0 Å². The number of rotatable bonds is 2. The average molecular weight is 261 g/mol. The minimum absolute atomic E-state index is 0.268. The molecule has 0 radical (unpaired) electrons. The van der Waals surface area contributed by atoms with Gasteiger partial charge in [0.25, 0.3) is 0 Å². The largest absolute Gasteiger partial charge is 0.478 e. The summed E-state index contributed by atoms with van der Waals surface area (Å²) in [7, 11) is 0. The van der Waals surface area contributed by atoms with Crippen LogP contribution in [0.2, 0.25) is 0 Å². The van der Waals surface area contributed by atoms with Crippen molar-refractivity contribution in [3.8, 4) is 0 Å². The number of para-hydroxylation sites is 1. The molecule has 3 rings (SSSR count). The molecular weight excluding hydrogens is 242 g/mol. The standard InChI is InChI=1S/C15H19NO3/c17-15(18)11-5-1-2-6-12(11)16-9-10-19-14-8-4-3-7-13(14)16/h1-2,5-6,13-14H,3-4,7-10H2,(H,17,18). The molecule has 2 aliphatic rings. The van der Waals surface area contributed by atoms with Crippen molar-refractivity contribution in [2.24, 2.45) is 0 Å². The van der Waals surface area contributed by atoms with Gasteiger partial charge in [0, 0.05) is 6.54 Å². The molecule has 1 saturated heterocycles. The van der Waals surface area contributed by atoms with Gasteiger partial charge >= 0.3 is 5.97 Å². The van der Waals surface area contributed by atoms with Gasteiger partial charge in [-0.15, -0.1) is 0 Å². The van der Waals surface area contributed by atoms with Crippen LogP contribution in [0, 0.1) is 0 Å². The number of hydrogen-bond donors (Lipinski definition) is 1. The number of benzene rings is 1. The first-order chi connectivity index (χ1) is 9.27. The molecule has 0 aromatic heterocycles. The summed E-state index contributed by atoms with van der Waals surface area (Å²) in [6.07, 6.45) is 4.88. The Kier molecular flexibility index (Phi) is 3.42. The maximum absolute atomic E-state index is 11.4. The highest BCUT2D eigenvalue weighted by Gasteiger charge is 2.35. The van der Waals surface area contributed by atoms with Crippen LogP contribution < -0.4 is 4.90 Å². The fourth-order valence-electron chi connectivity index (χ4n) is 3.30. The van der Waals surface area contributed by atoms with Crippen molar-refractivity contribution in [1.29, 1.82) is 0 Å². The van der Waals surface area contributed by atoms with Gasteiger partial charge in [-0.2, -0.15) is 0 Å². The zero-order chi connectivity index (χ0) is 13.2. The van der Waals surface area contributed by atoms with E-state index >= 15 is 0 Å². The number of nitrogens with zero attached hydrogens (tertiary/aromatic N) is 1. The molecule has 2 atom stereocenters. The maximum atomic E-state index is 11.4. The monoisotopic (exact) mass is 261 g/mol. The summed E-state index contributed by atoms with van der Waals surface area (Å²) in [5.41, 5.74) is 1.24. The SMILES string of the molecule is O=C(O)c1ccccc1N1CCOC2CCCCC21. The molecule has 19 heavy (non-hydrogen) atoms. The fraction of sp³-hybridized carbons (Fsp3) is 0.533. The predicted octanol–water partition coefficient (Wildman–Crippen LogP) is 2.53. The second-order valence-corrected chi connectivity index (χ2v) is 5.28. The van der Waals surface area contributed by atoms with E-state index in [0.717, 1.165) is 25.1 Å². The molecule has 1 aliphatic carbocycles. The van der Waals surface area contributed by atoms with E-state index in [1.165, 1.54) is 12.8 Å². The third-order valence-corrected chi connectivity index (χ3v) is 4.18. The number of anilines is 1. The number of carbonyl (C=O) groups is 1. The first-order valence-electron chi connectivity index (χ1n) is 6.98. The molecular formula is C15H19NO3. The van der Waals surface area contributed by atoms with Crippen molar-refractivity contribution in [3.63, 3.8) is 0 Å². The van der Waals surface area contributed by atoms with Gasteiger partial charge in [0.2, 0.25) is 0 Å². The normalized spacial score (nSPS) is 26.8. The highest BCUT2D eigenvalue weighted by atomic mass is 16.5. The van der Waals surface area contributed by atoms with Crippen LogP contribution in [0.4, 0.5) is 5.69 Å². The van der Waals surface area contributed by atoms with Gasteiger partial charge in [-0.3, -0.25) is 0 Å². The zero-order valence-corrected chi connectivity index (χ0v) is 10.9. The molecule has 4 nitrogen and oxygen atoms in total. The van der Waals surface area contributed by atoms with Crippen molar-refractivity contribution in [2.75, 3.05) is 18.1 Å². The number of carboxylic acids is 1. The van der Waals surface area contributed by atoms with E-state index in [1.54, 1.807) is 12.1 Å². The lowest BCUT2D eigenvalue weighted by molar-refractivity contribution is -0.00878. The van der Waals surface area contributed by atoms with Crippen LogP contribution in [0.15, 0.2) is 24.3 Å². The minimum atomic E-state index is -0.852. The van der Waals surface area contributed by atoms with Crippen molar-refractivity contribution in [2.45, 2.75) is 37.8 Å². The molecule has 0 bridgehead atoms. The lowest BCUT2D eigenvalue weighted by Crippen LogP contribution is -2.53. The second kappa shape index (κ2) is 5.21. The number of aromatic carboxylic acids is 1. The second-order valence-electron chi connectivity index (χ2n) is 5.28. The molecule has 1 saturated carbocycles. The minimum Gasteiger partial charge on any atom is -0.478 e. The van der Waals surface area contributed by atoms with Crippen LogP contribution in [0.25, 0.3) is 0 Å². The first kappa shape index (κ1) is 12.5. The first-order valence-corrected chi connectivity index (χ1v) is 6.98. The Morgan fingerprint density at radius 2 is 2.05 bits per heavy atom. The number of carboxylic acid groups (broad SMARTS) is 1. The van der Waals surface area contributed by atoms with E-state index in [9.17, 15) is 9.90 Å². The Hall–Kier alpha value is -1.55. The Bertz CT molecular complexity index is 472. The van der Waals surface area contributed by atoms with Crippen molar-refractivity contribution >= 4 is 11.7 Å². The van der Waals surface area contributed by atoms with E-state index < -0.39 is 5.97 Å². The molecule has 4 heteroatoms. The smallest absolute Gasteiger partial charge is 0.337 e. The van der Waals surface area contributed by atoms with Gasteiger partial charge in [0.1, 0.15) is 0 Å². The molecule has 0 spiro atoms. The van der Waals surface area contributed by atoms with E-state index in [-0.39, 0.29) is 6.10 Å². The van der Waals surface area contributed by atoms with Crippen LogP contribution >= 0.6 is 0 Å². The summed E-state index contributed by atoms with van der Waals surface area (Å²) in [5, 5.41) is 9.33. The summed E-state index contributed by atoms with van der Waals surface area (Å²) in [4.78, 5) is 13.6. The van der Waals surface area contributed by atoms with Gasteiger partial charge < -0.3 is 14.7 Å². The molecule has 2 unspecified atom stereocenters.